The molecule has 3 nitrogen and oxygen atoms in total. The second-order valence-electron chi connectivity index (χ2n) is 4.37. The number of hydrogen-bond acceptors (Lipinski definition) is 3. The number of rotatable bonds is 9. The van der Waals surface area contributed by atoms with Crippen molar-refractivity contribution in [1.29, 1.82) is 0 Å². The number of hydrogen-bond donors (Lipinski definition) is 1. The van der Waals surface area contributed by atoms with Crippen LogP contribution in [0.4, 0.5) is 13.2 Å². The standard InChI is InChI=1S/C14H20F3NO2/c1-19-13-5-3-12(4-6-13)7-9-18-8-2-10-20-11-14(15,16)17/h3-6,18H,2,7-11H2,1H3. The Morgan fingerprint density at radius 2 is 1.80 bits per heavy atom. The van der Waals surface area contributed by atoms with E-state index in [4.69, 9.17) is 4.74 Å². The lowest BCUT2D eigenvalue weighted by molar-refractivity contribution is -0.173. The molecule has 114 valence electrons. The number of ether oxygens (including phenoxy) is 2. The van der Waals surface area contributed by atoms with Crippen molar-refractivity contribution >= 4 is 0 Å². The molecule has 0 unspecified atom stereocenters. The third-order valence-electron chi connectivity index (χ3n) is 2.66. The van der Waals surface area contributed by atoms with Crippen molar-refractivity contribution in [3.05, 3.63) is 29.8 Å². The van der Waals surface area contributed by atoms with Crippen molar-refractivity contribution in [3.63, 3.8) is 0 Å². The first-order valence-corrected chi connectivity index (χ1v) is 6.49. The van der Waals surface area contributed by atoms with Gasteiger partial charge in [-0.2, -0.15) is 13.2 Å². The summed E-state index contributed by atoms with van der Waals surface area (Å²) in [5.74, 6) is 0.823. The number of halogens is 3. The van der Waals surface area contributed by atoms with Gasteiger partial charge in [0.25, 0.3) is 0 Å². The summed E-state index contributed by atoms with van der Waals surface area (Å²) in [4.78, 5) is 0. The molecule has 0 spiro atoms. The van der Waals surface area contributed by atoms with Crippen molar-refractivity contribution in [2.24, 2.45) is 0 Å². The van der Waals surface area contributed by atoms with E-state index < -0.39 is 12.8 Å². The van der Waals surface area contributed by atoms with E-state index in [1.165, 1.54) is 5.56 Å². The van der Waals surface area contributed by atoms with Gasteiger partial charge in [0, 0.05) is 6.61 Å². The van der Waals surface area contributed by atoms with Gasteiger partial charge in [-0.3, -0.25) is 0 Å². The largest absolute Gasteiger partial charge is 0.497 e. The van der Waals surface area contributed by atoms with Gasteiger partial charge in [-0.05, 0) is 43.6 Å². The van der Waals surface area contributed by atoms with Crippen LogP contribution in [-0.2, 0) is 11.2 Å². The first-order chi connectivity index (χ1) is 9.51. The number of methoxy groups -OCH3 is 1. The molecule has 0 amide bonds. The Kier molecular flexibility index (Phi) is 7.40. The van der Waals surface area contributed by atoms with Crippen LogP contribution in [0.3, 0.4) is 0 Å². The zero-order valence-corrected chi connectivity index (χ0v) is 11.5. The van der Waals surface area contributed by atoms with E-state index in [1.807, 2.05) is 24.3 Å². The minimum Gasteiger partial charge on any atom is -0.497 e. The molecule has 1 N–H and O–H groups in total. The minimum atomic E-state index is -4.23. The monoisotopic (exact) mass is 291 g/mol. The average Bonchev–Trinajstić information content (AvgIpc) is 2.41. The topological polar surface area (TPSA) is 30.5 Å². The van der Waals surface area contributed by atoms with Gasteiger partial charge in [0.2, 0.25) is 0 Å². The molecule has 1 aromatic carbocycles. The van der Waals surface area contributed by atoms with E-state index in [2.05, 4.69) is 10.1 Å². The smallest absolute Gasteiger partial charge is 0.411 e. The van der Waals surface area contributed by atoms with E-state index in [1.54, 1.807) is 7.11 Å². The summed E-state index contributed by atoms with van der Waals surface area (Å²) >= 11 is 0. The normalized spacial score (nSPS) is 11.6. The Hall–Kier alpha value is -1.27. The lowest BCUT2D eigenvalue weighted by Crippen LogP contribution is -2.22. The predicted molar refractivity (Wildman–Crippen MR) is 71.1 cm³/mol. The number of nitrogens with one attached hydrogen (secondary N) is 1. The molecule has 0 fully saturated rings. The second-order valence-corrected chi connectivity index (χ2v) is 4.37. The summed E-state index contributed by atoms with van der Waals surface area (Å²) in [5, 5.41) is 3.17. The van der Waals surface area contributed by atoms with Crippen LogP contribution in [0.15, 0.2) is 24.3 Å². The zero-order chi connectivity index (χ0) is 14.8. The van der Waals surface area contributed by atoms with Crippen LogP contribution < -0.4 is 10.1 Å². The molecule has 0 aliphatic carbocycles. The molecule has 1 aromatic rings. The van der Waals surface area contributed by atoms with Crippen molar-refractivity contribution in [2.75, 3.05) is 33.4 Å². The van der Waals surface area contributed by atoms with E-state index in [0.29, 0.717) is 13.0 Å². The van der Waals surface area contributed by atoms with Crippen molar-refractivity contribution < 1.29 is 22.6 Å². The van der Waals surface area contributed by atoms with Gasteiger partial charge in [-0.25, -0.2) is 0 Å². The first-order valence-electron chi connectivity index (χ1n) is 6.49. The SMILES string of the molecule is COc1ccc(CCNCCCOCC(F)(F)F)cc1. The van der Waals surface area contributed by atoms with Crippen LogP contribution in [0.25, 0.3) is 0 Å². The van der Waals surface area contributed by atoms with Crippen molar-refractivity contribution in [2.45, 2.75) is 19.0 Å². The van der Waals surface area contributed by atoms with Gasteiger partial charge in [0.05, 0.1) is 7.11 Å². The van der Waals surface area contributed by atoms with Crippen LogP contribution in [0.1, 0.15) is 12.0 Å². The summed E-state index contributed by atoms with van der Waals surface area (Å²) in [6, 6.07) is 7.79. The maximum absolute atomic E-state index is 11.8. The molecule has 0 bridgehead atoms. The zero-order valence-electron chi connectivity index (χ0n) is 11.5. The third kappa shape index (κ3) is 8.01. The lowest BCUT2D eigenvalue weighted by atomic mass is 10.1. The molecule has 0 aromatic heterocycles. The first kappa shape index (κ1) is 16.8. The average molecular weight is 291 g/mol. The molecular weight excluding hydrogens is 271 g/mol. The summed E-state index contributed by atoms with van der Waals surface area (Å²) in [7, 11) is 1.62. The molecular formula is C14H20F3NO2. The molecule has 0 aliphatic rings. The molecule has 0 saturated heterocycles. The second kappa shape index (κ2) is 8.81. The Bertz CT molecular complexity index is 366. The van der Waals surface area contributed by atoms with Crippen LogP contribution in [0.2, 0.25) is 0 Å². The highest BCUT2D eigenvalue weighted by Crippen LogP contribution is 2.14. The molecule has 0 aliphatic heterocycles. The Morgan fingerprint density at radius 1 is 1.10 bits per heavy atom. The summed E-state index contributed by atoms with van der Waals surface area (Å²) in [6.45, 7) is 0.382. The van der Waals surface area contributed by atoms with Crippen molar-refractivity contribution in [1.82, 2.24) is 5.32 Å². The number of alkyl halides is 3. The summed E-state index contributed by atoms with van der Waals surface area (Å²) in [5.41, 5.74) is 1.19. The maximum atomic E-state index is 11.8. The summed E-state index contributed by atoms with van der Waals surface area (Å²) in [6.07, 6.45) is -2.80. The van der Waals surface area contributed by atoms with Crippen LogP contribution in [-0.4, -0.2) is 39.6 Å². The van der Waals surface area contributed by atoms with E-state index >= 15 is 0 Å². The van der Waals surface area contributed by atoms with Crippen LogP contribution in [0.5, 0.6) is 5.75 Å². The molecule has 0 saturated carbocycles. The van der Waals surface area contributed by atoms with Gasteiger partial charge in [-0.15, -0.1) is 0 Å². The maximum Gasteiger partial charge on any atom is 0.411 e. The molecule has 20 heavy (non-hydrogen) atoms. The van der Waals surface area contributed by atoms with E-state index in [-0.39, 0.29) is 6.61 Å². The molecule has 0 heterocycles. The fraction of sp³-hybridized carbons (Fsp3) is 0.571. The van der Waals surface area contributed by atoms with E-state index in [0.717, 1.165) is 18.7 Å². The fourth-order valence-corrected chi connectivity index (χ4v) is 1.64. The molecule has 0 radical (unpaired) electrons. The Balaban J connectivity index is 1.99. The van der Waals surface area contributed by atoms with E-state index in [9.17, 15) is 13.2 Å². The highest BCUT2D eigenvalue weighted by molar-refractivity contribution is 5.27. The van der Waals surface area contributed by atoms with Gasteiger partial charge in [0.1, 0.15) is 12.4 Å². The lowest BCUT2D eigenvalue weighted by Gasteiger charge is -2.08. The third-order valence-corrected chi connectivity index (χ3v) is 2.66. The van der Waals surface area contributed by atoms with Gasteiger partial charge in [-0.1, -0.05) is 12.1 Å². The highest BCUT2D eigenvalue weighted by Gasteiger charge is 2.27. The fourth-order valence-electron chi connectivity index (χ4n) is 1.64. The van der Waals surface area contributed by atoms with Crippen molar-refractivity contribution in [3.8, 4) is 5.75 Å². The molecule has 6 heteroatoms. The summed E-state index contributed by atoms with van der Waals surface area (Å²) < 4.78 is 44.9. The highest BCUT2D eigenvalue weighted by atomic mass is 19.4. The van der Waals surface area contributed by atoms with Gasteiger partial charge >= 0.3 is 6.18 Å². The number of benzene rings is 1. The van der Waals surface area contributed by atoms with Gasteiger partial charge in [0.15, 0.2) is 0 Å². The Morgan fingerprint density at radius 3 is 2.40 bits per heavy atom. The van der Waals surface area contributed by atoms with Gasteiger partial charge < -0.3 is 14.8 Å². The Labute approximate surface area is 117 Å². The molecule has 1 rings (SSSR count). The van der Waals surface area contributed by atoms with Crippen LogP contribution >= 0.6 is 0 Å². The van der Waals surface area contributed by atoms with Crippen LogP contribution in [0, 0.1) is 0 Å². The quantitative estimate of drug-likeness (QED) is 0.710. The minimum absolute atomic E-state index is 0.120. The molecule has 0 atom stereocenters. The predicted octanol–water partition coefficient (Wildman–Crippen LogP) is 2.80.